The van der Waals surface area contributed by atoms with Crippen molar-refractivity contribution in [2.75, 3.05) is 5.73 Å². The molecule has 7 nitrogen and oxygen atoms in total. The summed E-state index contributed by atoms with van der Waals surface area (Å²) in [5.41, 5.74) is 7.82. The zero-order valence-corrected chi connectivity index (χ0v) is 11.3. The maximum atomic E-state index is 9.93. The lowest BCUT2D eigenvalue weighted by atomic mass is 10.1. The van der Waals surface area contributed by atoms with Crippen LogP contribution in [0.25, 0.3) is 22.3 Å². The molecule has 0 saturated heterocycles. The summed E-state index contributed by atoms with van der Waals surface area (Å²) in [6, 6.07) is 1.89. The van der Waals surface area contributed by atoms with Gasteiger partial charge in [-0.25, -0.2) is 0 Å². The fourth-order valence-electron chi connectivity index (χ4n) is 2.10. The molecule has 0 aliphatic carbocycles. The van der Waals surface area contributed by atoms with Gasteiger partial charge in [0.05, 0.1) is 41.4 Å². The van der Waals surface area contributed by atoms with Crippen molar-refractivity contribution in [3.63, 3.8) is 0 Å². The highest BCUT2D eigenvalue weighted by Gasteiger charge is 2.16. The molecular formula is C13H16N6O. The van der Waals surface area contributed by atoms with E-state index in [0.29, 0.717) is 23.6 Å². The number of hydrogen-bond acceptors (Lipinski definition) is 5. The van der Waals surface area contributed by atoms with Crippen molar-refractivity contribution in [2.24, 2.45) is 0 Å². The molecule has 0 aliphatic heterocycles. The molecule has 3 aromatic heterocycles. The highest BCUT2D eigenvalue weighted by atomic mass is 16.3. The second kappa shape index (κ2) is 4.31. The fourth-order valence-corrected chi connectivity index (χ4v) is 2.10. The normalized spacial score (nSPS) is 12.2. The maximum absolute atomic E-state index is 9.93. The van der Waals surface area contributed by atoms with Crippen molar-refractivity contribution in [3.8, 4) is 11.4 Å². The molecule has 20 heavy (non-hydrogen) atoms. The Morgan fingerprint density at radius 1 is 1.35 bits per heavy atom. The van der Waals surface area contributed by atoms with Crippen LogP contribution in [0.5, 0.6) is 0 Å². The van der Waals surface area contributed by atoms with Gasteiger partial charge in [-0.1, -0.05) is 0 Å². The van der Waals surface area contributed by atoms with Gasteiger partial charge in [-0.15, -0.1) is 0 Å². The predicted octanol–water partition coefficient (Wildman–Crippen LogP) is 1.17. The van der Waals surface area contributed by atoms with Crippen molar-refractivity contribution < 1.29 is 5.11 Å². The van der Waals surface area contributed by atoms with E-state index in [1.165, 1.54) is 0 Å². The van der Waals surface area contributed by atoms with Crippen molar-refractivity contribution >= 4 is 16.6 Å². The summed E-state index contributed by atoms with van der Waals surface area (Å²) in [6.07, 6.45) is 5.02. The quantitative estimate of drug-likeness (QED) is 0.663. The van der Waals surface area contributed by atoms with Crippen LogP contribution in [-0.2, 0) is 6.54 Å². The van der Waals surface area contributed by atoms with E-state index in [0.717, 1.165) is 10.9 Å². The molecule has 0 spiro atoms. The Labute approximate surface area is 115 Å². The maximum Gasteiger partial charge on any atom is 0.106 e. The highest BCUT2D eigenvalue weighted by molar-refractivity contribution is 5.83. The van der Waals surface area contributed by atoms with Crippen LogP contribution in [0.1, 0.15) is 13.8 Å². The molecule has 7 heteroatoms. The minimum Gasteiger partial charge on any atom is -0.396 e. The van der Waals surface area contributed by atoms with Crippen LogP contribution in [0.4, 0.5) is 5.69 Å². The monoisotopic (exact) mass is 272 g/mol. The Kier molecular flexibility index (Phi) is 2.72. The van der Waals surface area contributed by atoms with Crippen molar-refractivity contribution in [2.45, 2.75) is 26.0 Å². The van der Waals surface area contributed by atoms with E-state index in [1.54, 1.807) is 37.1 Å². The van der Waals surface area contributed by atoms with Gasteiger partial charge in [-0.2, -0.15) is 10.2 Å². The molecule has 0 aliphatic rings. The molecule has 104 valence electrons. The molecule has 0 bridgehead atoms. The molecule has 0 fully saturated rings. The molecule has 0 saturated carbocycles. The molecule has 3 aromatic rings. The molecule has 0 aromatic carbocycles. The number of aliphatic hydroxyl groups is 1. The summed E-state index contributed by atoms with van der Waals surface area (Å²) in [7, 11) is 0. The van der Waals surface area contributed by atoms with Gasteiger partial charge in [0.1, 0.15) is 5.69 Å². The fraction of sp³-hybridized carbons (Fsp3) is 0.308. The Morgan fingerprint density at radius 2 is 2.15 bits per heavy atom. The van der Waals surface area contributed by atoms with Gasteiger partial charge < -0.3 is 10.8 Å². The number of nitrogen functional groups attached to an aromatic ring is 1. The lowest BCUT2D eigenvalue weighted by Crippen LogP contribution is -2.26. The van der Waals surface area contributed by atoms with E-state index < -0.39 is 5.60 Å². The third-order valence-electron chi connectivity index (χ3n) is 2.99. The van der Waals surface area contributed by atoms with Gasteiger partial charge in [-0.05, 0) is 19.9 Å². The third-order valence-corrected chi connectivity index (χ3v) is 2.99. The Hall–Kier alpha value is -2.41. The zero-order chi connectivity index (χ0) is 14.3. The van der Waals surface area contributed by atoms with Gasteiger partial charge in [0.25, 0.3) is 0 Å². The first kappa shape index (κ1) is 12.6. The van der Waals surface area contributed by atoms with Crippen molar-refractivity contribution in [1.29, 1.82) is 0 Å². The zero-order valence-electron chi connectivity index (χ0n) is 11.3. The number of pyridine rings is 1. The number of fused-ring (bicyclic) bond motifs is 1. The first-order chi connectivity index (χ1) is 9.44. The molecule has 0 atom stereocenters. The number of aromatic nitrogens is 5. The summed E-state index contributed by atoms with van der Waals surface area (Å²) in [5.74, 6) is 0. The summed E-state index contributed by atoms with van der Waals surface area (Å²) < 4.78 is 1.76. The number of aromatic amines is 1. The van der Waals surface area contributed by atoms with Crippen LogP contribution in [0, 0.1) is 0 Å². The van der Waals surface area contributed by atoms with Crippen LogP contribution >= 0.6 is 0 Å². The largest absolute Gasteiger partial charge is 0.396 e. The van der Waals surface area contributed by atoms with Crippen LogP contribution in [0.15, 0.2) is 24.7 Å². The Balaban J connectivity index is 2.10. The van der Waals surface area contributed by atoms with E-state index in [4.69, 9.17) is 5.73 Å². The Morgan fingerprint density at radius 3 is 2.80 bits per heavy atom. The molecular weight excluding hydrogens is 256 g/mol. The molecule has 0 amide bonds. The van der Waals surface area contributed by atoms with Gasteiger partial charge in [0.2, 0.25) is 0 Å². The lowest BCUT2D eigenvalue weighted by Gasteiger charge is -2.17. The van der Waals surface area contributed by atoms with E-state index in [-0.39, 0.29) is 0 Å². The molecule has 3 rings (SSSR count). The average molecular weight is 272 g/mol. The van der Waals surface area contributed by atoms with Gasteiger partial charge in [-0.3, -0.25) is 14.8 Å². The second-order valence-electron chi connectivity index (χ2n) is 5.44. The van der Waals surface area contributed by atoms with Crippen LogP contribution in [-0.4, -0.2) is 35.7 Å². The SMILES string of the molecule is CC(C)(O)Cn1ncc2cnc(-c3[nH]ncc3N)cc21. The minimum atomic E-state index is -0.838. The third kappa shape index (κ3) is 2.23. The van der Waals surface area contributed by atoms with E-state index in [1.807, 2.05) is 6.07 Å². The van der Waals surface area contributed by atoms with E-state index in [9.17, 15) is 5.11 Å². The van der Waals surface area contributed by atoms with E-state index >= 15 is 0 Å². The first-order valence-corrected chi connectivity index (χ1v) is 6.27. The number of nitrogens with zero attached hydrogens (tertiary/aromatic N) is 4. The highest BCUT2D eigenvalue weighted by Crippen LogP contribution is 2.24. The van der Waals surface area contributed by atoms with Gasteiger partial charge in [0.15, 0.2) is 0 Å². The van der Waals surface area contributed by atoms with Gasteiger partial charge in [0, 0.05) is 11.6 Å². The second-order valence-corrected chi connectivity index (χ2v) is 5.44. The number of anilines is 1. The van der Waals surface area contributed by atoms with Crippen LogP contribution in [0.3, 0.4) is 0 Å². The van der Waals surface area contributed by atoms with Crippen molar-refractivity contribution in [3.05, 3.63) is 24.7 Å². The van der Waals surface area contributed by atoms with Crippen LogP contribution < -0.4 is 5.73 Å². The molecule has 0 radical (unpaired) electrons. The average Bonchev–Trinajstić information content (AvgIpc) is 2.94. The Bertz CT molecular complexity index is 752. The standard InChI is InChI=1S/C13H16N6O/c1-13(2,20)7-19-11-3-10(12-9(14)6-16-18-12)15-4-8(11)5-17-19/h3-6,20H,7,14H2,1-2H3,(H,16,18). The van der Waals surface area contributed by atoms with Gasteiger partial charge >= 0.3 is 0 Å². The first-order valence-electron chi connectivity index (χ1n) is 6.27. The number of nitrogens with two attached hydrogens (primary N) is 1. The summed E-state index contributed by atoms with van der Waals surface area (Å²) in [6.45, 7) is 3.89. The summed E-state index contributed by atoms with van der Waals surface area (Å²) in [4.78, 5) is 4.35. The smallest absolute Gasteiger partial charge is 0.106 e. The molecule has 0 unspecified atom stereocenters. The topological polar surface area (TPSA) is 106 Å². The van der Waals surface area contributed by atoms with E-state index in [2.05, 4.69) is 20.3 Å². The van der Waals surface area contributed by atoms with Crippen molar-refractivity contribution in [1.82, 2.24) is 25.0 Å². The predicted molar refractivity (Wildman–Crippen MR) is 75.8 cm³/mol. The number of nitrogens with one attached hydrogen (secondary N) is 1. The lowest BCUT2D eigenvalue weighted by molar-refractivity contribution is 0.0591. The number of hydrogen-bond donors (Lipinski definition) is 3. The minimum absolute atomic E-state index is 0.401. The molecule has 3 heterocycles. The number of H-pyrrole nitrogens is 1. The summed E-state index contributed by atoms with van der Waals surface area (Å²) >= 11 is 0. The number of rotatable bonds is 3. The summed E-state index contributed by atoms with van der Waals surface area (Å²) in [5, 5.41) is 21.9. The molecule has 4 N–H and O–H groups in total. The van der Waals surface area contributed by atoms with Crippen LogP contribution in [0.2, 0.25) is 0 Å².